The van der Waals surface area contributed by atoms with E-state index in [2.05, 4.69) is 0 Å². The molecule has 4 aromatic rings. The summed E-state index contributed by atoms with van der Waals surface area (Å²) >= 11 is 0. The number of carbonyl (C=O) groups is 3. The van der Waals surface area contributed by atoms with Crippen molar-refractivity contribution in [3.63, 3.8) is 0 Å². The molecule has 2 aromatic heterocycles. The molecule has 2 aromatic carbocycles. The van der Waals surface area contributed by atoms with Crippen molar-refractivity contribution in [1.82, 2.24) is 14.2 Å². The summed E-state index contributed by atoms with van der Waals surface area (Å²) in [6, 6.07) is 19.7. The van der Waals surface area contributed by atoms with Gasteiger partial charge in [0.15, 0.2) is 0 Å². The zero-order valence-corrected chi connectivity index (χ0v) is 24.8. The minimum Gasteiger partial charge on any atom is -0.481 e. The van der Waals surface area contributed by atoms with Gasteiger partial charge in [0.05, 0.1) is 18.0 Å². The van der Waals surface area contributed by atoms with Crippen LogP contribution in [-0.4, -0.2) is 68.6 Å². The molecule has 8 nitrogen and oxygen atoms in total. The molecule has 0 saturated carbocycles. The largest absolute Gasteiger partial charge is 0.481 e. The Morgan fingerprint density at radius 3 is 2.40 bits per heavy atom. The van der Waals surface area contributed by atoms with E-state index < -0.39 is 23.7 Å². The third-order valence-electron chi connectivity index (χ3n) is 7.76. The Morgan fingerprint density at radius 1 is 0.977 bits per heavy atom. The molecule has 1 saturated heterocycles. The van der Waals surface area contributed by atoms with Crippen LogP contribution in [0.15, 0.2) is 72.9 Å². The molecule has 0 spiro atoms. The number of hydrogen-bond acceptors (Lipinski definition) is 4. The number of aromatic nitrogens is 1. The average molecular weight is 586 g/mol. The molecular formula is C34H36FN3O5. The van der Waals surface area contributed by atoms with E-state index in [1.54, 1.807) is 38.7 Å². The van der Waals surface area contributed by atoms with Crippen molar-refractivity contribution in [2.24, 2.45) is 0 Å². The fraction of sp³-hybridized carbons (Fsp3) is 0.324. The van der Waals surface area contributed by atoms with E-state index in [1.165, 1.54) is 11.0 Å². The summed E-state index contributed by atoms with van der Waals surface area (Å²) in [7, 11) is 0. The maximum atomic E-state index is 14.6. The zero-order valence-electron chi connectivity index (χ0n) is 24.8. The second-order valence-corrected chi connectivity index (χ2v) is 11.9. The lowest BCUT2D eigenvalue weighted by atomic mass is 9.93. The molecule has 0 radical (unpaired) electrons. The van der Waals surface area contributed by atoms with Crippen LogP contribution in [-0.2, 0) is 16.0 Å². The second-order valence-electron chi connectivity index (χ2n) is 11.9. The van der Waals surface area contributed by atoms with E-state index in [0.29, 0.717) is 17.7 Å². The van der Waals surface area contributed by atoms with Crippen molar-refractivity contribution < 1.29 is 28.6 Å². The number of nitrogens with zero attached hydrogens (tertiary/aromatic N) is 3. The van der Waals surface area contributed by atoms with Crippen LogP contribution in [0.2, 0.25) is 0 Å². The lowest BCUT2D eigenvalue weighted by Crippen LogP contribution is -2.58. The van der Waals surface area contributed by atoms with Crippen LogP contribution in [0.1, 0.15) is 54.4 Å². The number of fused-ring (bicyclic) bond motifs is 1. The molecule has 9 heteroatoms. The Balaban J connectivity index is 1.60. The summed E-state index contributed by atoms with van der Waals surface area (Å²) in [4.78, 5) is 42.3. The lowest BCUT2D eigenvalue weighted by Gasteiger charge is -2.41. The zero-order chi connectivity index (χ0) is 30.9. The third kappa shape index (κ3) is 6.26. The lowest BCUT2D eigenvalue weighted by molar-refractivity contribution is -0.138. The fourth-order valence-electron chi connectivity index (χ4n) is 5.75. The number of carboxylic acids is 1. The van der Waals surface area contributed by atoms with E-state index in [1.807, 2.05) is 65.2 Å². The van der Waals surface area contributed by atoms with E-state index in [0.717, 1.165) is 27.8 Å². The number of piperazine rings is 1. The summed E-state index contributed by atoms with van der Waals surface area (Å²) < 4.78 is 22.0. The molecule has 1 atom stereocenters. The molecule has 1 unspecified atom stereocenters. The molecule has 0 bridgehead atoms. The van der Waals surface area contributed by atoms with Gasteiger partial charge in [0, 0.05) is 37.8 Å². The van der Waals surface area contributed by atoms with Crippen molar-refractivity contribution in [2.75, 3.05) is 19.6 Å². The number of rotatable bonds is 6. The molecule has 3 heterocycles. The van der Waals surface area contributed by atoms with Gasteiger partial charge in [-0.15, -0.1) is 0 Å². The van der Waals surface area contributed by atoms with Gasteiger partial charge >= 0.3 is 12.1 Å². The number of ether oxygens (including phenoxy) is 1. The topological polar surface area (TPSA) is 91.6 Å². The maximum Gasteiger partial charge on any atom is 0.410 e. The number of carbonyl (C=O) groups excluding carboxylic acids is 2. The highest BCUT2D eigenvalue weighted by Crippen LogP contribution is 2.36. The quantitative estimate of drug-likeness (QED) is 0.292. The van der Waals surface area contributed by atoms with Gasteiger partial charge in [-0.25, -0.2) is 9.18 Å². The molecule has 1 N–H and O–H groups in total. The van der Waals surface area contributed by atoms with E-state index in [-0.39, 0.29) is 37.8 Å². The maximum absolute atomic E-state index is 14.6. The summed E-state index contributed by atoms with van der Waals surface area (Å²) in [6.45, 7) is 7.35. The van der Waals surface area contributed by atoms with Crippen molar-refractivity contribution in [3.05, 3.63) is 101 Å². The molecule has 5 rings (SSSR count). The molecule has 2 amide bonds. The first-order valence-electron chi connectivity index (χ1n) is 14.4. The number of amides is 2. The summed E-state index contributed by atoms with van der Waals surface area (Å²) in [5.41, 5.74) is 4.34. The summed E-state index contributed by atoms with van der Waals surface area (Å²) in [5.74, 6) is -1.67. The smallest absolute Gasteiger partial charge is 0.410 e. The van der Waals surface area contributed by atoms with E-state index in [4.69, 9.17) is 4.74 Å². The highest BCUT2D eigenvalue weighted by atomic mass is 19.1. The van der Waals surface area contributed by atoms with Crippen LogP contribution in [0.3, 0.4) is 0 Å². The Hall–Kier alpha value is -4.66. The number of benzene rings is 2. The molecule has 1 fully saturated rings. The SMILES string of the molecule is Cc1c(F)cccc1Cc1c(-c2ccccc2)c2ccccn2c1C(=O)N1CCN(C(=O)OC(C)(C)C)C(CC(=O)O)C1. The van der Waals surface area contributed by atoms with Crippen LogP contribution >= 0.6 is 0 Å². The van der Waals surface area contributed by atoms with Crippen LogP contribution in [0.4, 0.5) is 9.18 Å². The van der Waals surface area contributed by atoms with Gasteiger partial charge in [0.1, 0.15) is 17.1 Å². The fourth-order valence-corrected chi connectivity index (χ4v) is 5.75. The summed E-state index contributed by atoms with van der Waals surface area (Å²) in [6.07, 6.45) is 1.21. The van der Waals surface area contributed by atoms with Gasteiger partial charge in [-0.1, -0.05) is 48.5 Å². The predicted octanol–water partition coefficient (Wildman–Crippen LogP) is 6.18. The van der Waals surface area contributed by atoms with Crippen molar-refractivity contribution in [1.29, 1.82) is 0 Å². The van der Waals surface area contributed by atoms with Crippen LogP contribution in [0.25, 0.3) is 16.6 Å². The minimum atomic E-state index is -1.07. The molecule has 43 heavy (non-hydrogen) atoms. The van der Waals surface area contributed by atoms with Gasteiger partial charge in [0.2, 0.25) is 0 Å². The van der Waals surface area contributed by atoms with Crippen molar-refractivity contribution in [3.8, 4) is 11.1 Å². The standard InChI is InChI=1S/C34H36FN3O5/c1-22-24(13-10-14-27(22)35)19-26-30(23-11-6-5-7-12-23)28-15-8-9-16-38(28)31(26)32(41)36-17-18-37(25(21-36)20-29(39)40)33(42)43-34(2,3)4/h5-16,25H,17-21H2,1-4H3,(H,39,40). The summed E-state index contributed by atoms with van der Waals surface area (Å²) in [5, 5.41) is 9.65. The van der Waals surface area contributed by atoms with Gasteiger partial charge < -0.3 is 24.0 Å². The van der Waals surface area contributed by atoms with Crippen LogP contribution < -0.4 is 0 Å². The van der Waals surface area contributed by atoms with Crippen molar-refractivity contribution >= 4 is 23.5 Å². The Bertz CT molecular complexity index is 1670. The average Bonchev–Trinajstić information content (AvgIpc) is 3.27. The molecule has 1 aliphatic heterocycles. The highest BCUT2D eigenvalue weighted by molar-refractivity contribution is 6.01. The molecule has 1 aliphatic rings. The monoisotopic (exact) mass is 585 g/mol. The number of hydrogen-bond donors (Lipinski definition) is 1. The number of aliphatic carboxylic acids is 1. The first-order chi connectivity index (χ1) is 20.4. The number of carboxylic acid groups (broad SMARTS) is 1. The number of pyridine rings is 1. The Morgan fingerprint density at radius 2 is 1.70 bits per heavy atom. The van der Waals surface area contributed by atoms with E-state index in [9.17, 15) is 23.9 Å². The first kappa shape index (κ1) is 29.8. The minimum absolute atomic E-state index is 0.0313. The van der Waals surface area contributed by atoms with Gasteiger partial charge in [-0.2, -0.15) is 0 Å². The van der Waals surface area contributed by atoms with Crippen LogP contribution in [0, 0.1) is 12.7 Å². The molecule has 0 aliphatic carbocycles. The van der Waals surface area contributed by atoms with Gasteiger partial charge in [0.25, 0.3) is 5.91 Å². The second kappa shape index (κ2) is 11.9. The Labute approximate surface area is 250 Å². The first-order valence-corrected chi connectivity index (χ1v) is 14.4. The van der Waals surface area contributed by atoms with Gasteiger partial charge in [-0.05, 0) is 68.1 Å². The highest BCUT2D eigenvalue weighted by Gasteiger charge is 2.38. The van der Waals surface area contributed by atoms with Gasteiger partial charge in [-0.3, -0.25) is 9.59 Å². The van der Waals surface area contributed by atoms with Crippen molar-refractivity contribution in [2.45, 2.75) is 52.2 Å². The molecule has 224 valence electrons. The van der Waals surface area contributed by atoms with E-state index >= 15 is 0 Å². The molecular weight excluding hydrogens is 549 g/mol. The third-order valence-corrected chi connectivity index (χ3v) is 7.76. The predicted molar refractivity (Wildman–Crippen MR) is 162 cm³/mol. The Kier molecular flexibility index (Phi) is 8.26. The van der Waals surface area contributed by atoms with Crippen LogP contribution in [0.5, 0.6) is 0 Å². The number of halogens is 1. The normalized spacial score (nSPS) is 15.5.